The Morgan fingerprint density at radius 1 is 1.56 bits per heavy atom. The second-order valence-electron chi connectivity index (χ2n) is 5.63. The zero-order chi connectivity index (χ0) is 13.2. The predicted molar refractivity (Wildman–Crippen MR) is 69.6 cm³/mol. The van der Waals surface area contributed by atoms with Gasteiger partial charge in [-0.25, -0.2) is 0 Å². The minimum absolute atomic E-state index is 0.499. The summed E-state index contributed by atoms with van der Waals surface area (Å²) in [5.41, 5.74) is 1.03. The molecule has 0 saturated heterocycles. The minimum Gasteiger partial charge on any atom is -0.385 e. The van der Waals surface area contributed by atoms with E-state index in [1.807, 2.05) is 19.1 Å². The first kappa shape index (κ1) is 13.0. The number of aromatic nitrogens is 1. The van der Waals surface area contributed by atoms with E-state index in [9.17, 15) is 10.4 Å². The van der Waals surface area contributed by atoms with Crippen molar-refractivity contribution in [3.63, 3.8) is 0 Å². The van der Waals surface area contributed by atoms with Crippen LogP contribution in [-0.4, -0.2) is 10.1 Å². The van der Waals surface area contributed by atoms with Crippen LogP contribution in [0.25, 0.3) is 0 Å². The Kier molecular flexibility index (Phi) is 3.68. The van der Waals surface area contributed by atoms with E-state index in [0.29, 0.717) is 11.6 Å². The van der Waals surface area contributed by atoms with Crippen LogP contribution in [0, 0.1) is 29.6 Å². The maximum absolute atomic E-state index is 10.5. The molecule has 0 aliphatic heterocycles. The average molecular weight is 244 g/mol. The van der Waals surface area contributed by atoms with Crippen molar-refractivity contribution < 1.29 is 5.11 Å². The van der Waals surface area contributed by atoms with Gasteiger partial charge in [0, 0.05) is 6.20 Å². The third kappa shape index (κ3) is 2.39. The highest BCUT2D eigenvalue weighted by molar-refractivity contribution is 5.19. The molecule has 1 saturated carbocycles. The van der Waals surface area contributed by atoms with Gasteiger partial charge in [0.25, 0.3) is 0 Å². The van der Waals surface area contributed by atoms with E-state index in [4.69, 9.17) is 0 Å². The molecule has 18 heavy (non-hydrogen) atoms. The number of aliphatic hydroxyl groups excluding tert-OH is 1. The Balaban J connectivity index is 2.27. The standard InChI is InChI=1S/C15H20N2O/c1-11-4-3-7-15(8-11,10-16)14(18)13-6-5-12(2)9-17-13/h5-6,9,11,14,18H,3-4,7-8H2,1-2H3. The number of pyridine rings is 1. The highest BCUT2D eigenvalue weighted by atomic mass is 16.3. The van der Waals surface area contributed by atoms with Crippen molar-refractivity contribution in [1.29, 1.82) is 5.26 Å². The SMILES string of the molecule is Cc1ccc(C(O)C2(C#N)CCCC(C)C2)nc1. The molecule has 1 fully saturated rings. The normalized spacial score (nSPS) is 29.6. The van der Waals surface area contributed by atoms with Crippen LogP contribution in [0.1, 0.15) is 50.0 Å². The lowest BCUT2D eigenvalue weighted by Crippen LogP contribution is -2.33. The summed E-state index contributed by atoms with van der Waals surface area (Å²) in [6.45, 7) is 4.12. The van der Waals surface area contributed by atoms with E-state index >= 15 is 0 Å². The molecular weight excluding hydrogens is 224 g/mol. The number of hydrogen-bond donors (Lipinski definition) is 1. The molecule has 1 N–H and O–H groups in total. The average Bonchev–Trinajstić information content (AvgIpc) is 2.38. The first-order valence-electron chi connectivity index (χ1n) is 6.59. The maximum atomic E-state index is 10.5. The summed E-state index contributed by atoms with van der Waals surface area (Å²) in [5.74, 6) is 0.499. The van der Waals surface area contributed by atoms with E-state index in [0.717, 1.165) is 31.2 Å². The van der Waals surface area contributed by atoms with Gasteiger partial charge in [-0.05, 0) is 37.3 Å². The molecule has 0 amide bonds. The fourth-order valence-corrected chi connectivity index (χ4v) is 2.93. The summed E-state index contributed by atoms with van der Waals surface area (Å²) >= 11 is 0. The lowest BCUT2D eigenvalue weighted by Gasteiger charge is -2.37. The van der Waals surface area contributed by atoms with Gasteiger partial charge in [-0.2, -0.15) is 5.26 Å². The van der Waals surface area contributed by atoms with Gasteiger partial charge in [-0.1, -0.05) is 25.8 Å². The predicted octanol–water partition coefficient (Wildman–Crippen LogP) is 3.14. The van der Waals surface area contributed by atoms with Crippen molar-refractivity contribution in [2.45, 2.75) is 45.6 Å². The van der Waals surface area contributed by atoms with Crippen LogP contribution < -0.4 is 0 Å². The first-order valence-corrected chi connectivity index (χ1v) is 6.59. The fourth-order valence-electron chi connectivity index (χ4n) is 2.93. The van der Waals surface area contributed by atoms with E-state index in [1.165, 1.54) is 0 Å². The molecule has 3 unspecified atom stereocenters. The van der Waals surface area contributed by atoms with Crippen LogP contribution in [0.2, 0.25) is 0 Å². The molecule has 1 aromatic heterocycles. The molecule has 1 heterocycles. The molecule has 3 atom stereocenters. The zero-order valence-electron chi connectivity index (χ0n) is 11.1. The third-order valence-electron chi connectivity index (χ3n) is 3.99. The van der Waals surface area contributed by atoms with Gasteiger partial charge in [-0.3, -0.25) is 4.98 Å². The summed E-state index contributed by atoms with van der Waals surface area (Å²) in [7, 11) is 0. The van der Waals surface area contributed by atoms with Gasteiger partial charge < -0.3 is 5.11 Å². The Morgan fingerprint density at radius 2 is 2.33 bits per heavy atom. The Labute approximate surface area is 108 Å². The molecule has 1 aliphatic rings. The van der Waals surface area contributed by atoms with Crippen LogP contribution in [0.15, 0.2) is 18.3 Å². The number of rotatable bonds is 2. The second-order valence-corrected chi connectivity index (χ2v) is 5.63. The van der Waals surface area contributed by atoms with E-state index < -0.39 is 11.5 Å². The van der Waals surface area contributed by atoms with E-state index in [1.54, 1.807) is 6.20 Å². The molecule has 0 radical (unpaired) electrons. The number of aliphatic hydroxyl groups is 1. The summed E-state index contributed by atoms with van der Waals surface area (Å²) in [4.78, 5) is 4.27. The van der Waals surface area contributed by atoms with Gasteiger partial charge in [0.1, 0.15) is 6.10 Å². The van der Waals surface area contributed by atoms with Crippen molar-refractivity contribution in [2.24, 2.45) is 11.3 Å². The molecule has 2 rings (SSSR count). The smallest absolute Gasteiger partial charge is 0.114 e. The van der Waals surface area contributed by atoms with Crippen molar-refractivity contribution in [2.75, 3.05) is 0 Å². The molecular formula is C15H20N2O. The molecule has 0 bridgehead atoms. The number of aryl methyl sites for hydroxylation is 1. The van der Waals surface area contributed by atoms with Crippen molar-refractivity contribution in [3.05, 3.63) is 29.6 Å². The molecule has 0 aromatic carbocycles. The van der Waals surface area contributed by atoms with Crippen LogP contribution >= 0.6 is 0 Å². The number of hydrogen-bond acceptors (Lipinski definition) is 3. The lowest BCUT2D eigenvalue weighted by atomic mass is 9.67. The van der Waals surface area contributed by atoms with E-state index in [2.05, 4.69) is 18.0 Å². The molecule has 96 valence electrons. The molecule has 3 heteroatoms. The van der Waals surface area contributed by atoms with Gasteiger partial charge in [0.2, 0.25) is 0 Å². The maximum Gasteiger partial charge on any atom is 0.114 e. The lowest BCUT2D eigenvalue weighted by molar-refractivity contribution is 0.0190. The van der Waals surface area contributed by atoms with Crippen LogP contribution in [0.4, 0.5) is 0 Å². The van der Waals surface area contributed by atoms with Gasteiger partial charge in [0.05, 0.1) is 17.2 Å². The number of nitrogens with zero attached hydrogens (tertiary/aromatic N) is 2. The van der Waals surface area contributed by atoms with Crippen molar-refractivity contribution in [1.82, 2.24) is 4.98 Å². The highest BCUT2D eigenvalue weighted by Crippen LogP contribution is 2.46. The Bertz CT molecular complexity index is 449. The second kappa shape index (κ2) is 5.07. The van der Waals surface area contributed by atoms with Crippen molar-refractivity contribution in [3.8, 4) is 6.07 Å². The first-order chi connectivity index (χ1) is 8.57. The monoisotopic (exact) mass is 244 g/mol. The van der Waals surface area contributed by atoms with Gasteiger partial charge in [0.15, 0.2) is 0 Å². The fraction of sp³-hybridized carbons (Fsp3) is 0.600. The molecule has 1 aromatic rings. The summed E-state index contributed by atoms with van der Waals surface area (Å²) in [6, 6.07) is 6.14. The van der Waals surface area contributed by atoms with Crippen LogP contribution in [0.5, 0.6) is 0 Å². The summed E-state index contributed by atoms with van der Waals surface area (Å²) < 4.78 is 0. The van der Waals surface area contributed by atoms with Gasteiger partial charge >= 0.3 is 0 Å². The number of nitriles is 1. The van der Waals surface area contributed by atoms with E-state index in [-0.39, 0.29) is 0 Å². The summed E-state index contributed by atoms with van der Waals surface area (Å²) in [5, 5.41) is 20.0. The Hall–Kier alpha value is -1.40. The van der Waals surface area contributed by atoms with Gasteiger partial charge in [-0.15, -0.1) is 0 Å². The molecule has 1 aliphatic carbocycles. The van der Waals surface area contributed by atoms with Crippen LogP contribution in [-0.2, 0) is 0 Å². The minimum atomic E-state index is -0.772. The van der Waals surface area contributed by atoms with Crippen molar-refractivity contribution >= 4 is 0 Å². The summed E-state index contributed by atoms with van der Waals surface area (Å²) in [6.07, 6.45) is 4.67. The Morgan fingerprint density at radius 3 is 2.89 bits per heavy atom. The topological polar surface area (TPSA) is 56.9 Å². The largest absolute Gasteiger partial charge is 0.385 e. The third-order valence-corrected chi connectivity index (χ3v) is 3.99. The highest BCUT2D eigenvalue weighted by Gasteiger charge is 2.42. The molecule has 0 spiro atoms. The quantitative estimate of drug-likeness (QED) is 0.869. The molecule has 3 nitrogen and oxygen atoms in total. The van der Waals surface area contributed by atoms with Crippen LogP contribution in [0.3, 0.4) is 0 Å². The zero-order valence-corrected chi connectivity index (χ0v) is 11.1.